The van der Waals surface area contributed by atoms with Crippen LogP contribution in [-0.2, 0) is 9.84 Å². The van der Waals surface area contributed by atoms with Crippen molar-refractivity contribution < 1.29 is 13.2 Å². The average molecular weight is 290 g/mol. The molecule has 2 aliphatic heterocycles. The SMILES string of the molecule is O=C(c1ccc2cc[nH]c2c1)N1CC2(C1)CS(=O)(=O)C2. The summed E-state index contributed by atoms with van der Waals surface area (Å²) in [5, 5.41) is 1.08. The lowest BCUT2D eigenvalue weighted by Gasteiger charge is -2.54. The predicted molar refractivity (Wildman–Crippen MR) is 75.3 cm³/mol. The van der Waals surface area contributed by atoms with Gasteiger partial charge in [0, 0.05) is 35.8 Å². The van der Waals surface area contributed by atoms with Crippen LogP contribution in [0.1, 0.15) is 10.4 Å². The highest BCUT2D eigenvalue weighted by Gasteiger charge is 2.57. The molecule has 0 aliphatic carbocycles. The van der Waals surface area contributed by atoms with Crippen molar-refractivity contribution in [2.75, 3.05) is 24.6 Å². The number of amides is 1. The second kappa shape index (κ2) is 3.63. The molecule has 2 saturated heterocycles. The van der Waals surface area contributed by atoms with E-state index in [1.807, 2.05) is 30.5 Å². The number of nitrogens with zero attached hydrogens (tertiary/aromatic N) is 1. The number of benzene rings is 1. The van der Waals surface area contributed by atoms with Crippen LogP contribution < -0.4 is 0 Å². The zero-order valence-electron chi connectivity index (χ0n) is 10.8. The van der Waals surface area contributed by atoms with E-state index in [-0.39, 0.29) is 22.8 Å². The number of H-pyrrole nitrogens is 1. The Balaban J connectivity index is 1.51. The normalized spacial score (nSPS) is 22.5. The molecule has 0 saturated carbocycles. The van der Waals surface area contributed by atoms with Crippen LogP contribution in [0.2, 0.25) is 0 Å². The average Bonchev–Trinajstić information content (AvgIpc) is 2.78. The van der Waals surface area contributed by atoms with Crippen molar-refractivity contribution in [1.82, 2.24) is 9.88 Å². The van der Waals surface area contributed by atoms with Gasteiger partial charge in [-0.25, -0.2) is 8.42 Å². The summed E-state index contributed by atoms with van der Waals surface area (Å²) in [6, 6.07) is 7.55. The maximum atomic E-state index is 12.3. The molecule has 2 fully saturated rings. The summed E-state index contributed by atoms with van der Waals surface area (Å²) in [6.07, 6.45) is 1.84. The molecule has 3 heterocycles. The zero-order valence-corrected chi connectivity index (χ0v) is 11.6. The van der Waals surface area contributed by atoms with Crippen LogP contribution in [0, 0.1) is 5.41 Å². The molecule has 1 spiro atoms. The molecule has 1 amide bonds. The van der Waals surface area contributed by atoms with Gasteiger partial charge >= 0.3 is 0 Å². The van der Waals surface area contributed by atoms with Gasteiger partial charge in [-0.15, -0.1) is 0 Å². The minimum atomic E-state index is -2.83. The lowest BCUT2D eigenvalue weighted by molar-refractivity contribution is 0.0202. The van der Waals surface area contributed by atoms with E-state index in [4.69, 9.17) is 0 Å². The number of nitrogens with one attached hydrogen (secondary N) is 1. The van der Waals surface area contributed by atoms with Crippen molar-refractivity contribution in [2.24, 2.45) is 5.41 Å². The largest absolute Gasteiger partial charge is 0.361 e. The monoisotopic (exact) mass is 290 g/mol. The zero-order chi connectivity index (χ0) is 14.0. The number of rotatable bonds is 1. The molecule has 4 rings (SSSR count). The van der Waals surface area contributed by atoms with Gasteiger partial charge < -0.3 is 9.88 Å². The summed E-state index contributed by atoms with van der Waals surface area (Å²) in [5.41, 5.74) is 1.44. The van der Waals surface area contributed by atoms with Crippen LogP contribution in [0.25, 0.3) is 10.9 Å². The maximum absolute atomic E-state index is 12.3. The Kier molecular flexibility index (Phi) is 2.17. The maximum Gasteiger partial charge on any atom is 0.253 e. The van der Waals surface area contributed by atoms with E-state index in [1.54, 1.807) is 4.90 Å². The number of fused-ring (bicyclic) bond motifs is 1. The minimum Gasteiger partial charge on any atom is -0.361 e. The second-order valence-electron chi connectivity index (χ2n) is 5.97. The molecule has 20 heavy (non-hydrogen) atoms. The molecule has 1 aromatic heterocycles. The molecule has 0 atom stereocenters. The number of hydrogen-bond donors (Lipinski definition) is 1. The van der Waals surface area contributed by atoms with Crippen molar-refractivity contribution in [3.05, 3.63) is 36.0 Å². The van der Waals surface area contributed by atoms with E-state index in [0.29, 0.717) is 18.7 Å². The number of likely N-dealkylation sites (tertiary alicyclic amines) is 1. The van der Waals surface area contributed by atoms with Gasteiger partial charge in [0.1, 0.15) is 0 Å². The number of aromatic nitrogens is 1. The van der Waals surface area contributed by atoms with Gasteiger partial charge in [-0.3, -0.25) is 4.79 Å². The van der Waals surface area contributed by atoms with Gasteiger partial charge in [-0.05, 0) is 23.6 Å². The van der Waals surface area contributed by atoms with Crippen molar-refractivity contribution >= 4 is 26.6 Å². The van der Waals surface area contributed by atoms with Crippen LogP contribution in [0.5, 0.6) is 0 Å². The van der Waals surface area contributed by atoms with E-state index in [0.717, 1.165) is 10.9 Å². The second-order valence-corrected chi connectivity index (χ2v) is 8.04. The first-order chi connectivity index (χ1) is 9.46. The smallest absolute Gasteiger partial charge is 0.253 e. The van der Waals surface area contributed by atoms with E-state index in [1.165, 1.54) is 0 Å². The molecule has 2 aliphatic rings. The molecule has 1 N–H and O–H groups in total. The number of aromatic amines is 1. The molecule has 6 heteroatoms. The Hall–Kier alpha value is -1.82. The van der Waals surface area contributed by atoms with Crippen molar-refractivity contribution in [3.8, 4) is 0 Å². The van der Waals surface area contributed by atoms with Crippen molar-refractivity contribution in [1.29, 1.82) is 0 Å². The van der Waals surface area contributed by atoms with E-state index in [2.05, 4.69) is 4.98 Å². The highest BCUT2D eigenvalue weighted by molar-refractivity contribution is 7.92. The molecule has 5 nitrogen and oxygen atoms in total. The number of hydrogen-bond acceptors (Lipinski definition) is 3. The topological polar surface area (TPSA) is 70.2 Å². The number of carbonyl (C=O) groups excluding carboxylic acids is 1. The van der Waals surface area contributed by atoms with Gasteiger partial charge in [-0.1, -0.05) is 6.07 Å². The van der Waals surface area contributed by atoms with Crippen molar-refractivity contribution in [2.45, 2.75) is 0 Å². The van der Waals surface area contributed by atoms with Gasteiger partial charge in [0.2, 0.25) is 0 Å². The Morgan fingerprint density at radius 2 is 1.95 bits per heavy atom. The first-order valence-corrected chi connectivity index (χ1v) is 8.36. The summed E-state index contributed by atoms with van der Waals surface area (Å²) in [4.78, 5) is 17.2. The van der Waals surface area contributed by atoms with Gasteiger partial charge in [-0.2, -0.15) is 0 Å². The summed E-state index contributed by atoms with van der Waals surface area (Å²) >= 11 is 0. The summed E-state index contributed by atoms with van der Waals surface area (Å²) in [6.45, 7) is 1.13. The Labute approximate surface area is 116 Å². The third-order valence-corrected chi connectivity index (χ3v) is 6.30. The predicted octanol–water partition coefficient (Wildman–Crippen LogP) is 1.04. The fraction of sp³-hybridized carbons (Fsp3) is 0.357. The number of carbonyl (C=O) groups is 1. The Bertz CT molecular complexity index is 802. The number of sulfone groups is 1. The summed E-state index contributed by atoms with van der Waals surface area (Å²) in [5.74, 6) is 0.454. The van der Waals surface area contributed by atoms with Gasteiger partial charge in [0.15, 0.2) is 9.84 Å². The van der Waals surface area contributed by atoms with Gasteiger partial charge in [0.05, 0.1) is 11.5 Å². The third kappa shape index (κ3) is 1.67. The van der Waals surface area contributed by atoms with Crippen LogP contribution in [0.3, 0.4) is 0 Å². The third-order valence-electron chi connectivity index (χ3n) is 4.19. The first kappa shape index (κ1) is 12.0. The standard InChI is InChI=1S/C14H14N2O3S/c17-13(11-2-1-10-3-4-15-12(10)5-11)16-6-14(7-16)8-20(18,19)9-14/h1-5,15H,6-9H2. The van der Waals surface area contributed by atoms with Crippen LogP contribution in [0.15, 0.2) is 30.5 Å². The molecule has 0 bridgehead atoms. The fourth-order valence-electron chi connectivity index (χ4n) is 3.34. The van der Waals surface area contributed by atoms with Crippen LogP contribution in [-0.4, -0.2) is 48.8 Å². The van der Waals surface area contributed by atoms with E-state index < -0.39 is 9.84 Å². The lowest BCUT2D eigenvalue weighted by Crippen LogP contribution is -2.69. The van der Waals surface area contributed by atoms with Crippen LogP contribution >= 0.6 is 0 Å². The molecule has 0 unspecified atom stereocenters. The Morgan fingerprint density at radius 3 is 2.65 bits per heavy atom. The molecule has 2 aromatic rings. The Morgan fingerprint density at radius 1 is 1.20 bits per heavy atom. The highest BCUT2D eigenvalue weighted by atomic mass is 32.2. The fourth-order valence-corrected chi connectivity index (χ4v) is 5.49. The van der Waals surface area contributed by atoms with Crippen LogP contribution in [0.4, 0.5) is 0 Å². The summed E-state index contributed by atoms with van der Waals surface area (Å²) in [7, 11) is -2.83. The molecule has 0 radical (unpaired) electrons. The van der Waals surface area contributed by atoms with Gasteiger partial charge in [0.25, 0.3) is 5.91 Å². The first-order valence-electron chi connectivity index (χ1n) is 6.53. The van der Waals surface area contributed by atoms with E-state index >= 15 is 0 Å². The summed E-state index contributed by atoms with van der Waals surface area (Å²) < 4.78 is 22.5. The van der Waals surface area contributed by atoms with E-state index in [9.17, 15) is 13.2 Å². The quantitative estimate of drug-likeness (QED) is 0.853. The highest BCUT2D eigenvalue weighted by Crippen LogP contribution is 2.42. The molecular weight excluding hydrogens is 276 g/mol. The minimum absolute atomic E-state index is 0.0172. The lowest BCUT2D eigenvalue weighted by atomic mass is 9.82. The molecule has 1 aromatic carbocycles. The van der Waals surface area contributed by atoms with Crippen molar-refractivity contribution in [3.63, 3.8) is 0 Å². The molecular formula is C14H14N2O3S. The molecule has 104 valence electrons.